The number of hydrogen-bond acceptors (Lipinski definition) is 9. The first-order chi connectivity index (χ1) is 15.3. The fraction of sp³-hybridized carbons (Fsp3) is 0.773. The molecular formula is C22H38BN3O8. The summed E-state index contributed by atoms with van der Waals surface area (Å²) in [6.45, 7) is 17.7. The fourth-order valence-corrected chi connectivity index (χ4v) is 2.77. The molecule has 0 spiro atoms. The van der Waals surface area contributed by atoms with Crippen molar-refractivity contribution in [1.29, 1.82) is 0 Å². The Labute approximate surface area is 201 Å². The fourth-order valence-electron chi connectivity index (χ4n) is 2.77. The summed E-state index contributed by atoms with van der Waals surface area (Å²) in [6, 6.07) is 0. The second-order valence-corrected chi connectivity index (χ2v) is 11.3. The summed E-state index contributed by atoms with van der Waals surface area (Å²) in [4.78, 5) is 24.3. The maximum Gasteiger partial charge on any atom is 0.502 e. The van der Waals surface area contributed by atoms with Crippen LogP contribution < -0.4 is 15.5 Å². The van der Waals surface area contributed by atoms with E-state index in [4.69, 9.17) is 23.5 Å². The molecule has 2 heterocycles. The highest BCUT2D eigenvalue weighted by molar-refractivity contribution is 6.63. The molecule has 192 valence electrons. The van der Waals surface area contributed by atoms with E-state index in [0.717, 1.165) is 4.68 Å². The molecule has 0 unspecified atom stereocenters. The highest BCUT2D eigenvalue weighted by Gasteiger charge is 2.53. The number of ether oxygens (including phenoxy) is 3. The van der Waals surface area contributed by atoms with Gasteiger partial charge in [-0.3, -0.25) is 0 Å². The lowest BCUT2D eigenvalue weighted by molar-refractivity contribution is 0.00578. The van der Waals surface area contributed by atoms with Crippen molar-refractivity contribution in [3.63, 3.8) is 0 Å². The molecule has 1 saturated heterocycles. The smallest absolute Gasteiger partial charge is 0.474 e. The first-order valence-electron chi connectivity index (χ1n) is 11.3. The van der Waals surface area contributed by atoms with E-state index in [9.17, 15) is 14.7 Å². The quantitative estimate of drug-likeness (QED) is 0.585. The van der Waals surface area contributed by atoms with Crippen molar-refractivity contribution < 1.29 is 38.2 Å². The average molecular weight is 483 g/mol. The van der Waals surface area contributed by atoms with E-state index in [1.165, 1.54) is 6.20 Å². The normalized spacial score (nSPS) is 18.4. The summed E-state index contributed by atoms with van der Waals surface area (Å²) in [5, 5.41) is 16.9. The highest BCUT2D eigenvalue weighted by atomic mass is 16.7. The molecule has 2 rings (SSSR count). The van der Waals surface area contributed by atoms with Gasteiger partial charge < -0.3 is 33.9 Å². The molecule has 0 bridgehead atoms. The minimum atomic E-state index is -1.06. The van der Waals surface area contributed by atoms with Crippen LogP contribution >= 0.6 is 0 Å². The number of hydrogen-bond donors (Lipinski definition) is 2. The molecule has 1 aliphatic heterocycles. The van der Waals surface area contributed by atoms with Gasteiger partial charge in [0.25, 0.3) is 0 Å². The Morgan fingerprint density at radius 2 is 1.62 bits per heavy atom. The molecule has 0 saturated carbocycles. The number of amides is 1. The number of nitrogens with zero attached hydrogens (tertiary/aromatic N) is 2. The van der Waals surface area contributed by atoms with Gasteiger partial charge in [0.05, 0.1) is 23.2 Å². The van der Waals surface area contributed by atoms with Crippen LogP contribution in [-0.2, 0) is 18.8 Å². The van der Waals surface area contributed by atoms with Crippen molar-refractivity contribution in [3.8, 4) is 5.88 Å². The van der Waals surface area contributed by atoms with Gasteiger partial charge >= 0.3 is 19.3 Å². The lowest BCUT2D eigenvalue weighted by Gasteiger charge is -2.32. The van der Waals surface area contributed by atoms with E-state index < -0.39 is 47.8 Å². The lowest BCUT2D eigenvalue weighted by Crippen LogP contribution is -2.41. The number of rotatable bonds is 6. The average Bonchev–Trinajstić information content (AvgIpc) is 3.13. The number of carbonyl (C=O) groups excluding carboxylic acids is 2. The molecule has 1 atom stereocenters. The predicted octanol–water partition coefficient (Wildman–Crippen LogP) is 2.23. The van der Waals surface area contributed by atoms with Gasteiger partial charge in [-0.1, -0.05) is 0 Å². The van der Waals surface area contributed by atoms with Crippen LogP contribution in [0.15, 0.2) is 6.20 Å². The zero-order chi connectivity index (χ0) is 26.1. The Bertz CT molecular complexity index is 870. The maximum atomic E-state index is 12.6. The summed E-state index contributed by atoms with van der Waals surface area (Å²) in [5.41, 5.74) is -2.26. The van der Waals surface area contributed by atoms with Gasteiger partial charge in [0.1, 0.15) is 23.9 Å². The Hall–Kier alpha value is -2.31. The standard InChI is InChI=1S/C22H38BN3O8/c1-19(2,3)31-17(28)24-11-14(27)13-30-16-15(23-33-21(7,8)22(9,10)34-23)12-26(25-16)18(29)32-20(4,5)6/h12,14,27H,11,13H2,1-10H3,(H,24,28)/t14-/m0/s1. The monoisotopic (exact) mass is 483 g/mol. The number of aliphatic hydroxyl groups excluding tert-OH is 1. The Kier molecular flexibility index (Phi) is 8.01. The lowest BCUT2D eigenvalue weighted by atomic mass is 9.81. The van der Waals surface area contributed by atoms with Crippen LogP contribution in [0.25, 0.3) is 0 Å². The number of aliphatic hydroxyl groups is 1. The zero-order valence-corrected chi connectivity index (χ0v) is 21.8. The molecule has 12 heteroatoms. The van der Waals surface area contributed by atoms with Crippen LogP contribution in [0.2, 0.25) is 0 Å². The molecule has 1 amide bonds. The zero-order valence-electron chi connectivity index (χ0n) is 21.8. The van der Waals surface area contributed by atoms with Gasteiger partial charge in [-0.05, 0) is 69.2 Å². The molecule has 1 aromatic rings. The minimum absolute atomic E-state index is 0.0423. The third kappa shape index (κ3) is 7.61. The number of carbonyl (C=O) groups is 2. The first kappa shape index (κ1) is 27.9. The number of alkyl carbamates (subject to hydrolysis) is 1. The molecule has 34 heavy (non-hydrogen) atoms. The Morgan fingerprint density at radius 1 is 1.09 bits per heavy atom. The second kappa shape index (κ2) is 9.75. The van der Waals surface area contributed by atoms with Crippen molar-refractivity contribution in [2.45, 2.75) is 97.7 Å². The summed E-state index contributed by atoms with van der Waals surface area (Å²) in [7, 11) is -0.854. The highest BCUT2D eigenvalue weighted by Crippen LogP contribution is 2.37. The third-order valence-electron chi connectivity index (χ3n) is 5.09. The van der Waals surface area contributed by atoms with E-state index in [0.29, 0.717) is 5.46 Å². The Balaban J connectivity index is 2.15. The summed E-state index contributed by atoms with van der Waals surface area (Å²) < 4.78 is 29.4. The molecule has 0 radical (unpaired) electrons. The Morgan fingerprint density at radius 3 is 2.12 bits per heavy atom. The summed E-state index contributed by atoms with van der Waals surface area (Å²) >= 11 is 0. The number of aromatic nitrogens is 2. The predicted molar refractivity (Wildman–Crippen MR) is 125 cm³/mol. The van der Waals surface area contributed by atoms with E-state index in [1.54, 1.807) is 41.5 Å². The van der Waals surface area contributed by atoms with Crippen LogP contribution in [0.1, 0.15) is 69.2 Å². The van der Waals surface area contributed by atoms with Gasteiger partial charge in [-0.25, -0.2) is 9.59 Å². The third-order valence-corrected chi connectivity index (χ3v) is 5.09. The van der Waals surface area contributed by atoms with Crippen LogP contribution in [0.4, 0.5) is 9.59 Å². The van der Waals surface area contributed by atoms with E-state index in [1.807, 2.05) is 27.7 Å². The molecular weight excluding hydrogens is 445 g/mol. The van der Waals surface area contributed by atoms with E-state index in [2.05, 4.69) is 10.4 Å². The largest absolute Gasteiger partial charge is 0.502 e. The van der Waals surface area contributed by atoms with E-state index >= 15 is 0 Å². The van der Waals surface area contributed by atoms with Crippen LogP contribution in [-0.4, -0.2) is 75.9 Å². The van der Waals surface area contributed by atoms with Gasteiger partial charge in [-0.15, -0.1) is 5.10 Å². The van der Waals surface area contributed by atoms with Crippen molar-refractivity contribution in [1.82, 2.24) is 15.1 Å². The van der Waals surface area contributed by atoms with Crippen molar-refractivity contribution in [3.05, 3.63) is 6.20 Å². The number of nitrogens with one attached hydrogen (secondary N) is 1. The van der Waals surface area contributed by atoms with E-state index in [-0.39, 0.29) is 19.0 Å². The SMILES string of the molecule is CC(C)(C)OC(=O)NC[C@H](O)COc1nn(C(=O)OC(C)(C)C)cc1B1OC(C)(C)C(C)(C)O1. The molecule has 0 aromatic carbocycles. The van der Waals surface area contributed by atoms with Gasteiger partial charge in [0, 0.05) is 6.20 Å². The summed E-state index contributed by atoms with van der Waals surface area (Å²) in [6.07, 6.45) is -0.993. The maximum absolute atomic E-state index is 12.6. The van der Waals surface area contributed by atoms with Crippen molar-refractivity contribution in [2.24, 2.45) is 0 Å². The van der Waals surface area contributed by atoms with Crippen molar-refractivity contribution >= 4 is 24.8 Å². The molecule has 11 nitrogen and oxygen atoms in total. The molecule has 1 aliphatic rings. The second-order valence-electron chi connectivity index (χ2n) is 11.3. The summed E-state index contributed by atoms with van der Waals surface area (Å²) in [5.74, 6) is 0.0423. The molecule has 1 aromatic heterocycles. The first-order valence-corrected chi connectivity index (χ1v) is 11.3. The topological polar surface area (TPSA) is 130 Å². The van der Waals surface area contributed by atoms with Crippen LogP contribution in [0, 0.1) is 0 Å². The molecule has 1 fully saturated rings. The van der Waals surface area contributed by atoms with Gasteiger partial charge in [0.2, 0.25) is 5.88 Å². The molecule has 0 aliphatic carbocycles. The van der Waals surface area contributed by atoms with Gasteiger partial charge in [-0.2, -0.15) is 4.68 Å². The van der Waals surface area contributed by atoms with Crippen LogP contribution in [0.5, 0.6) is 5.88 Å². The van der Waals surface area contributed by atoms with Crippen molar-refractivity contribution in [2.75, 3.05) is 13.2 Å². The molecule has 2 N–H and O–H groups in total. The van der Waals surface area contributed by atoms with Gasteiger partial charge in [0.15, 0.2) is 0 Å². The van der Waals surface area contributed by atoms with Crippen LogP contribution in [0.3, 0.4) is 0 Å². The minimum Gasteiger partial charge on any atom is -0.474 e.